The average molecular weight is 558 g/mol. The highest BCUT2D eigenvalue weighted by Crippen LogP contribution is 2.32. The molecular formula is C28H33F6N3O2. The van der Waals surface area contributed by atoms with Crippen molar-refractivity contribution < 1.29 is 35.9 Å². The number of benzene rings is 1. The first-order chi connectivity index (χ1) is 18.1. The SMILES string of the molecule is C=C/C(=C\C=C\N[C@@H](C(=O)N(c1ccc(C(F)(F)F)cc1)[C@H](C(=O)N1CC=CC1)C(C)C)C(C)C)C(F)(F)F. The molecular weight excluding hydrogens is 524 g/mol. The lowest BCUT2D eigenvalue weighted by molar-refractivity contribution is -0.137. The summed E-state index contributed by atoms with van der Waals surface area (Å²) in [4.78, 5) is 30.3. The number of rotatable bonds is 10. The van der Waals surface area contributed by atoms with E-state index >= 15 is 0 Å². The molecule has 0 aliphatic carbocycles. The molecule has 0 spiro atoms. The van der Waals surface area contributed by atoms with Gasteiger partial charge in [0.2, 0.25) is 11.8 Å². The van der Waals surface area contributed by atoms with E-state index in [0.717, 1.165) is 36.4 Å². The second-order valence-corrected chi connectivity index (χ2v) is 9.73. The molecule has 0 aromatic heterocycles. The summed E-state index contributed by atoms with van der Waals surface area (Å²) in [5, 5.41) is 2.80. The van der Waals surface area contributed by atoms with Crippen molar-refractivity contribution in [3.05, 3.63) is 78.6 Å². The number of hydrogen-bond acceptors (Lipinski definition) is 3. The van der Waals surface area contributed by atoms with Crippen LogP contribution in [0.15, 0.2) is 73.0 Å². The number of carbonyl (C=O) groups excluding carboxylic acids is 2. The van der Waals surface area contributed by atoms with Crippen LogP contribution in [0.5, 0.6) is 0 Å². The smallest absolute Gasteiger partial charge is 0.379 e. The lowest BCUT2D eigenvalue weighted by Crippen LogP contribution is -2.58. The molecule has 0 radical (unpaired) electrons. The third-order valence-corrected chi connectivity index (χ3v) is 6.13. The maximum Gasteiger partial charge on any atom is 0.416 e. The van der Waals surface area contributed by atoms with E-state index in [9.17, 15) is 35.9 Å². The molecule has 0 saturated heterocycles. The highest BCUT2D eigenvalue weighted by molar-refractivity contribution is 6.03. The minimum Gasteiger partial charge on any atom is -0.379 e. The minimum absolute atomic E-state index is 0.0922. The molecule has 214 valence electrons. The molecule has 1 aliphatic rings. The topological polar surface area (TPSA) is 52.7 Å². The Balaban J connectivity index is 2.52. The first-order valence-electron chi connectivity index (χ1n) is 12.4. The zero-order valence-electron chi connectivity index (χ0n) is 22.2. The Hall–Kier alpha value is -3.50. The molecule has 1 aromatic carbocycles. The molecule has 2 rings (SSSR count). The molecule has 11 heteroatoms. The predicted molar refractivity (Wildman–Crippen MR) is 139 cm³/mol. The van der Waals surface area contributed by atoms with Gasteiger partial charge >= 0.3 is 12.4 Å². The molecule has 0 fully saturated rings. The fraction of sp³-hybridized carbons (Fsp3) is 0.429. The van der Waals surface area contributed by atoms with Crippen molar-refractivity contribution in [1.82, 2.24) is 10.2 Å². The van der Waals surface area contributed by atoms with Gasteiger partial charge in [0.05, 0.1) is 11.1 Å². The largest absolute Gasteiger partial charge is 0.416 e. The van der Waals surface area contributed by atoms with Crippen LogP contribution in [0.2, 0.25) is 0 Å². The molecule has 1 N–H and O–H groups in total. The van der Waals surface area contributed by atoms with Gasteiger partial charge in [-0.2, -0.15) is 26.3 Å². The molecule has 1 aromatic rings. The van der Waals surface area contributed by atoms with E-state index < -0.39 is 53.3 Å². The lowest BCUT2D eigenvalue weighted by atomic mass is 9.96. The molecule has 2 amide bonds. The third-order valence-electron chi connectivity index (χ3n) is 6.13. The highest BCUT2D eigenvalue weighted by atomic mass is 19.4. The lowest BCUT2D eigenvalue weighted by Gasteiger charge is -2.38. The maximum atomic E-state index is 14.0. The number of nitrogens with zero attached hydrogens (tertiary/aromatic N) is 2. The minimum atomic E-state index is -4.60. The predicted octanol–water partition coefficient (Wildman–Crippen LogP) is 6.26. The summed E-state index contributed by atoms with van der Waals surface area (Å²) in [6.45, 7) is 10.7. The highest BCUT2D eigenvalue weighted by Gasteiger charge is 2.40. The van der Waals surface area contributed by atoms with Crippen molar-refractivity contribution in [2.75, 3.05) is 18.0 Å². The van der Waals surface area contributed by atoms with E-state index in [1.165, 1.54) is 16.0 Å². The first-order valence-corrected chi connectivity index (χ1v) is 12.4. The Kier molecular flexibility index (Phi) is 10.6. The number of halogens is 6. The Morgan fingerprint density at radius 3 is 1.97 bits per heavy atom. The number of anilines is 1. The normalized spacial score (nSPS) is 16.2. The fourth-order valence-corrected chi connectivity index (χ4v) is 4.06. The summed E-state index contributed by atoms with van der Waals surface area (Å²) in [5.41, 5.74) is -1.80. The summed E-state index contributed by atoms with van der Waals surface area (Å²) in [6.07, 6.45) is -1.89. The van der Waals surface area contributed by atoms with Gasteiger partial charge in [0.25, 0.3) is 0 Å². The van der Waals surface area contributed by atoms with Crippen LogP contribution in [0.1, 0.15) is 33.3 Å². The number of hydrogen-bond donors (Lipinski definition) is 1. The molecule has 1 heterocycles. The van der Waals surface area contributed by atoms with Gasteiger partial charge in [-0.1, -0.05) is 52.5 Å². The van der Waals surface area contributed by atoms with E-state index in [0.29, 0.717) is 19.2 Å². The van der Waals surface area contributed by atoms with Crippen LogP contribution in [0.4, 0.5) is 32.0 Å². The van der Waals surface area contributed by atoms with Crippen LogP contribution in [0, 0.1) is 11.8 Å². The number of allylic oxidation sites excluding steroid dienone is 4. The standard InChI is InChI=1S/C28H33F6N3O2/c1-6-20(27(29,30)31)10-9-15-35-23(18(2)3)25(38)37(22-13-11-21(12-14-22)28(32,33)34)24(19(4)5)26(39)36-16-7-8-17-36/h6-15,18-19,23-24,35H,1,16-17H2,2-5H3/b15-9+,20-10+/t23-,24+/m1/s1. The van der Waals surface area contributed by atoms with Crippen molar-refractivity contribution in [3.63, 3.8) is 0 Å². The van der Waals surface area contributed by atoms with Crippen LogP contribution in [-0.2, 0) is 15.8 Å². The van der Waals surface area contributed by atoms with Crippen molar-refractivity contribution >= 4 is 17.5 Å². The first kappa shape index (κ1) is 31.7. The Labute approximate surface area is 224 Å². The zero-order chi connectivity index (χ0) is 29.5. The van der Waals surface area contributed by atoms with Crippen molar-refractivity contribution in [3.8, 4) is 0 Å². The second-order valence-electron chi connectivity index (χ2n) is 9.73. The Morgan fingerprint density at radius 1 is 0.974 bits per heavy atom. The molecule has 39 heavy (non-hydrogen) atoms. The molecule has 1 aliphatic heterocycles. The van der Waals surface area contributed by atoms with E-state index in [1.54, 1.807) is 39.8 Å². The quantitative estimate of drug-likeness (QED) is 0.210. The second kappa shape index (κ2) is 13.0. The van der Waals surface area contributed by atoms with Gasteiger partial charge in [-0.15, -0.1) is 0 Å². The van der Waals surface area contributed by atoms with Gasteiger partial charge in [0.1, 0.15) is 12.1 Å². The van der Waals surface area contributed by atoms with Gasteiger partial charge in [-0.3, -0.25) is 14.5 Å². The Bertz CT molecular complexity index is 1090. The number of carbonyl (C=O) groups is 2. The number of alkyl halides is 6. The van der Waals surface area contributed by atoms with Crippen LogP contribution >= 0.6 is 0 Å². The molecule has 2 atom stereocenters. The van der Waals surface area contributed by atoms with Gasteiger partial charge < -0.3 is 10.2 Å². The summed E-state index contributed by atoms with van der Waals surface area (Å²) >= 11 is 0. The van der Waals surface area contributed by atoms with Crippen molar-refractivity contribution in [2.45, 2.75) is 52.1 Å². The number of amides is 2. The van der Waals surface area contributed by atoms with E-state index in [1.807, 2.05) is 0 Å². The molecule has 0 unspecified atom stereocenters. The van der Waals surface area contributed by atoms with E-state index in [-0.39, 0.29) is 11.6 Å². The van der Waals surface area contributed by atoms with Gasteiger partial charge in [-0.25, -0.2) is 0 Å². The Morgan fingerprint density at radius 2 is 1.54 bits per heavy atom. The molecule has 0 bridgehead atoms. The van der Waals surface area contributed by atoms with Gasteiger partial charge in [-0.05, 0) is 54.5 Å². The maximum absolute atomic E-state index is 14.0. The third kappa shape index (κ3) is 8.24. The fourth-order valence-electron chi connectivity index (χ4n) is 4.06. The molecule has 5 nitrogen and oxygen atoms in total. The summed E-state index contributed by atoms with van der Waals surface area (Å²) < 4.78 is 78.5. The van der Waals surface area contributed by atoms with Crippen molar-refractivity contribution in [1.29, 1.82) is 0 Å². The summed E-state index contributed by atoms with van der Waals surface area (Å²) in [5.74, 6) is -1.80. The van der Waals surface area contributed by atoms with Crippen molar-refractivity contribution in [2.24, 2.45) is 11.8 Å². The van der Waals surface area contributed by atoms with Crippen LogP contribution in [0.25, 0.3) is 0 Å². The summed E-state index contributed by atoms with van der Waals surface area (Å²) in [7, 11) is 0. The van der Waals surface area contributed by atoms with Crippen LogP contribution < -0.4 is 10.2 Å². The van der Waals surface area contributed by atoms with E-state index in [4.69, 9.17) is 0 Å². The summed E-state index contributed by atoms with van der Waals surface area (Å²) in [6, 6.07) is 1.90. The van der Waals surface area contributed by atoms with E-state index in [2.05, 4.69) is 11.9 Å². The molecule has 0 saturated carbocycles. The monoisotopic (exact) mass is 557 g/mol. The van der Waals surface area contributed by atoms with Crippen LogP contribution in [-0.4, -0.2) is 48.1 Å². The van der Waals surface area contributed by atoms with Gasteiger partial charge in [0, 0.05) is 18.8 Å². The van der Waals surface area contributed by atoms with Gasteiger partial charge in [0.15, 0.2) is 0 Å². The zero-order valence-corrected chi connectivity index (χ0v) is 22.2. The number of nitrogens with one attached hydrogen (secondary N) is 1. The van der Waals surface area contributed by atoms with Crippen LogP contribution in [0.3, 0.4) is 0 Å². The average Bonchev–Trinajstić information content (AvgIpc) is 3.37.